The van der Waals surface area contributed by atoms with Gasteiger partial charge in [0.15, 0.2) is 0 Å². The van der Waals surface area contributed by atoms with Crippen LogP contribution in [0.25, 0.3) is 0 Å². The van der Waals surface area contributed by atoms with Gasteiger partial charge >= 0.3 is 0 Å². The molecule has 4 unspecified atom stereocenters. The summed E-state index contributed by atoms with van der Waals surface area (Å²) < 4.78 is 0. The number of rotatable bonds is 3. The lowest BCUT2D eigenvalue weighted by atomic mass is 9.80. The van der Waals surface area contributed by atoms with Crippen molar-refractivity contribution in [2.24, 2.45) is 17.8 Å². The zero-order chi connectivity index (χ0) is 12.3. The maximum atomic E-state index is 12.0. The molecule has 18 heavy (non-hydrogen) atoms. The van der Waals surface area contributed by atoms with E-state index in [0.29, 0.717) is 24.3 Å². The van der Waals surface area contributed by atoms with Crippen LogP contribution in [0, 0.1) is 17.8 Å². The monoisotopic (exact) mass is 274 g/mol. The molecule has 1 saturated heterocycles. The van der Waals surface area contributed by atoms with E-state index < -0.39 is 0 Å². The number of carbonyl (C=O) groups excluding carboxylic acids is 1. The molecular formula is C14H27ClN2O. The topological polar surface area (TPSA) is 41.1 Å². The summed E-state index contributed by atoms with van der Waals surface area (Å²) in [4.78, 5) is 12.0. The lowest BCUT2D eigenvalue weighted by Crippen LogP contribution is -2.43. The van der Waals surface area contributed by atoms with Crippen LogP contribution in [0.2, 0.25) is 0 Å². The second-order valence-electron chi connectivity index (χ2n) is 6.13. The summed E-state index contributed by atoms with van der Waals surface area (Å²) in [7, 11) is 0. The second kappa shape index (κ2) is 7.34. The van der Waals surface area contributed by atoms with Crippen molar-refractivity contribution >= 4 is 18.3 Å². The fourth-order valence-electron chi connectivity index (χ4n) is 3.30. The maximum Gasteiger partial charge on any atom is 0.220 e. The van der Waals surface area contributed by atoms with Gasteiger partial charge in [-0.3, -0.25) is 4.79 Å². The Labute approximate surface area is 117 Å². The number of halogens is 1. The molecule has 2 N–H and O–H groups in total. The van der Waals surface area contributed by atoms with Gasteiger partial charge in [-0.25, -0.2) is 0 Å². The number of hydrogen-bond acceptors (Lipinski definition) is 2. The number of nitrogens with one attached hydrogen (secondary N) is 2. The van der Waals surface area contributed by atoms with Gasteiger partial charge in [0, 0.05) is 12.5 Å². The van der Waals surface area contributed by atoms with E-state index in [2.05, 4.69) is 24.5 Å². The van der Waals surface area contributed by atoms with Crippen LogP contribution in [0.3, 0.4) is 0 Å². The van der Waals surface area contributed by atoms with E-state index in [0.717, 1.165) is 31.8 Å². The van der Waals surface area contributed by atoms with Gasteiger partial charge in [0.2, 0.25) is 5.91 Å². The SMILES string of the molecule is CC1CCC(NC(=O)CC2CCNC2)C(C)C1.Cl. The smallest absolute Gasteiger partial charge is 0.220 e. The molecule has 2 aliphatic rings. The molecule has 0 aromatic rings. The average molecular weight is 275 g/mol. The van der Waals surface area contributed by atoms with Crippen LogP contribution in [-0.2, 0) is 4.79 Å². The molecule has 1 heterocycles. The highest BCUT2D eigenvalue weighted by Gasteiger charge is 2.27. The van der Waals surface area contributed by atoms with Crippen LogP contribution in [0.4, 0.5) is 0 Å². The molecule has 0 aromatic heterocycles. The maximum absolute atomic E-state index is 12.0. The van der Waals surface area contributed by atoms with Crippen molar-refractivity contribution in [3.8, 4) is 0 Å². The van der Waals surface area contributed by atoms with Crippen molar-refractivity contribution in [2.45, 2.75) is 52.0 Å². The first-order valence-corrected chi connectivity index (χ1v) is 7.15. The highest BCUT2D eigenvalue weighted by atomic mass is 35.5. The molecule has 1 saturated carbocycles. The third-order valence-corrected chi connectivity index (χ3v) is 4.41. The highest BCUT2D eigenvalue weighted by Crippen LogP contribution is 2.28. The van der Waals surface area contributed by atoms with E-state index in [4.69, 9.17) is 0 Å². The lowest BCUT2D eigenvalue weighted by molar-refractivity contribution is -0.123. The average Bonchev–Trinajstić information content (AvgIpc) is 2.75. The van der Waals surface area contributed by atoms with Gasteiger partial charge < -0.3 is 10.6 Å². The molecule has 1 aliphatic carbocycles. The first-order valence-electron chi connectivity index (χ1n) is 7.15. The van der Waals surface area contributed by atoms with Gasteiger partial charge in [-0.2, -0.15) is 0 Å². The predicted octanol–water partition coefficient (Wildman–Crippen LogP) is 2.35. The Balaban J connectivity index is 0.00000162. The molecule has 0 radical (unpaired) electrons. The van der Waals surface area contributed by atoms with Crippen LogP contribution in [0.15, 0.2) is 0 Å². The van der Waals surface area contributed by atoms with Crippen molar-refractivity contribution in [2.75, 3.05) is 13.1 Å². The molecule has 0 spiro atoms. The Morgan fingerprint density at radius 2 is 2.06 bits per heavy atom. The molecule has 1 amide bonds. The largest absolute Gasteiger partial charge is 0.353 e. The Morgan fingerprint density at radius 3 is 2.67 bits per heavy atom. The van der Waals surface area contributed by atoms with E-state index in [9.17, 15) is 4.79 Å². The fourth-order valence-corrected chi connectivity index (χ4v) is 3.30. The van der Waals surface area contributed by atoms with Crippen LogP contribution in [0.1, 0.15) is 46.0 Å². The summed E-state index contributed by atoms with van der Waals surface area (Å²) in [6, 6.07) is 0.424. The van der Waals surface area contributed by atoms with Crippen molar-refractivity contribution < 1.29 is 4.79 Å². The standard InChI is InChI=1S/C14H26N2O.ClH/c1-10-3-4-13(11(2)7-10)16-14(17)8-12-5-6-15-9-12;/h10-13,15H,3-9H2,1-2H3,(H,16,17);1H. The van der Waals surface area contributed by atoms with Gasteiger partial charge in [0.05, 0.1) is 0 Å². The first-order chi connectivity index (χ1) is 8.15. The van der Waals surface area contributed by atoms with E-state index in [1.807, 2.05) is 0 Å². The third-order valence-electron chi connectivity index (χ3n) is 4.41. The zero-order valence-electron chi connectivity index (χ0n) is 11.6. The Morgan fingerprint density at radius 1 is 1.28 bits per heavy atom. The van der Waals surface area contributed by atoms with E-state index in [1.54, 1.807) is 0 Å². The molecule has 4 heteroatoms. The number of amides is 1. The molecule has 1 aliphatic heterocycles. The van der Waals surface area contributed by atoms with Crippen LogP contribution in [0.5, 0.6) is 0 Å². The molecule has 2 rings (SSSR count). The Kier molecular flexibility index (Phi) is 6.44. The summed E-state index contributed by atoms with van der Waals surface area (Å²) in [6.07, 6.45) is 5.56. The van der Waals surface area contributed by atoms with Crippen molar-refractivity contribution in [1.82, 2.24) is 10.6 Å². The van der Waals surface area contributed by atoms with Crippen molar-refractivity contribution in [3.05, 3.63) is 0 Å². The van der Waals surface area contributed by atoms with Gasteiger partial charge in [-0.1, -0.05) is 13.8 Å². The molecular weight excluding hydrogens is 248 g/mol. The highest BCUT2D eigenvalue weighted by molar-refractivity contribution is 5.85. The quantitative estimate of drug-likeness (QED) is 0.830. The summed E-state index contributed by atoms with van der Waals surface area (Å²) in [6.45, 7) is 6.69. The minimum atomic E-state index is 0. The van der Waals surface area contributed by atoms with Crippen molar-refractivity contribution in [1.29, 1.82) is 0 Å². The molecule has 2 fully saturated rings. The van der Waals surface area contributed by atoms with Gasteiger partial charge in [0.25, 0.3) is 0 Å². The van der Waals surface area contributed by atoms with E-state index in [1.165, 1.54) is 12.8 Å². The Bertz CT molecular complexity index is 267. The molecule has 0 aromatic carbocycles. The lowest BCUT2D eigenvalue weighted by Gasteiger charge is -2.33. The van der Waals surface area contributed by atoms with Crippen LogP contribution < -0.4 is 10.6 Å². The Hall–Kier alpha value is -0.280. The first kappa shape index (κ1) is 15.8. The fraction of sp³-hybridized carbons (Fsp3) is 0.929. The van der Waals surface area contributed by atoms with Crippen molar-refractivity contribution in [3.63, 3.8) is 0 Å². The predicted molar refractivity (Wildman–Crippen MR) is 77.0 cm³/mol. The van der Waals surface area contributed by atoms with E-state index in [-0.39, 0.29) is 18.3 Å². The molecule has 0 bridgehead atoms. The minimum absolute atomic E-state index is 0. The third kappa shape index (κ3) is 4.43. The van der Waals surface area contributed by atoms with Gasteiger partial charge in [-0.05, 0) is 56.5 Å². The molecule has 3 nitrogen and oxygen atoms in total. The van der Waals surface area contributed by atoms with Gasteiger partial charge in [-0.15, -0.1) is 12.4 Å². The molecule has 106 valence electrons. The summed E-state index contributed by atoms with van der Waals surface area (Å²) in [5, 5.41) is 6.57. The van der Waals surface area contributed by atoms with E-state index >= 15 is 0 Å². The van der Waals surface area contributed by atoms with Crippen LogP contribution in [-0.4, -0.2) is 25.0 Å². The number of carbonyl (C=O) groups is 1. The minimum Gasteiger partial charge on any atom is -0.353 e. The summed E-state index contributed by atoms with van der Waals surface area (Å²) in [5.41, 5.74) is 0. The summed E-state index contributed by atoms with van der Waals surface area (Å²) >= 11 is 0. The number of hydrogen-bond donors (Lipinski definition) is 2. The summed E-state index contributed by atoms with van der Waals surface area (Å²) in [5.74, 6) is 2.31. The van der Waals surface area contributed by atoms with Crippen LogP contribution >= 0.6 is 12.4 Å². The zero-order valence-corrected chi connectivity index (χ0v) is 12.4. The normalized spacial score (nSPS) is 35.9. The van der Waals surface area contributed by atoms with Gasteiger partial charge in [0.1, 0.15) is 0 Å². The molecule has 4 atom stereocenters. The second-order valence-corrected chi connectivity index (χ2v) is 6.13.